The Balaban J connectivity index is 2.25. The molecule has 0 aromatic carbocycles. The summed E-state index contributed by atoms with van der Waals surface area (Å²) in [6.45, 7) is 3.98. The third-order valence-electron chi connectivity index (χ3n) is 3.01. The summed E-state index contributed by atoms with van der Waals surface area (Å²) < 4.78 is 0. The molecule has 1 saturated heterocycles. The average Bonchev–Trinajstić information content (AvgIpc) is 2.80. The zero-order valence-electron chi connectivity index (χ0n) is 9.70. The summed E-state index contributed by atoms with van der Waals surface area (Å²) in [4.78, 5) is 6.63. The smallest absolute Gasteiger partial charge is 0.130 e. The summed E-state index contributed by atoms with van der Waals surface area (Å²) >= 11 is 0. The van der Waals surface area contributed by atoms with Gasteiger partial charge in [-0.15, -0.1) is 0 Å². The number of aryl methyl sites for hydroxylation is 1. The number of rotatable bonds is 2. The molecular weight excluding hydrogens is 200 g/mol. The van der Waals surface area contributed by atoms with Crippen LogP contribution in [-0.2, 0) is 0 Å². The topological polar surface area (TPSA) is 52.0 Å². The quantitative estimate of drug-likeness (QED) is 0.803. The lowest BCUT2D eigenvalue weighted by Gasteiger charge is -2.25. The van der Waals surface area contributed by atoms with E-state index in [2.05, 4.69) is 21.3 Å². The largest absolute Gasteiger partial charge is 0.355 e. The number of nitrogens with one attached hydrogen (secondary N) is 1. The van der Waals surface area contributed by atoms with Gasteiger partial charge in [0.2, 0.25) is 0 Å². The van der Waals surface area contributed by atoms with Crippen LogP contribution < -0.4 is 10.2 Å². The van der Waals surface area contributed by atoms with Gasteiger partial charge >= 0.3 is 0 Å². The fourth-order valence-electron chi connectivity index (χ4n) is 2.05. The molecule has 16 heavy (non-hydrogen) atoms. The molecule has 0 radical (unpaired) electrons. The first-order chi connectivity index (χ1) is 7.70. The molecule has 1 aliphatic rings. The lowest BCUT2D eigenvalue weighted by molar-refractivity contribution is 0.677. The second-order valence-corrected chi connectivity index (χ2v) is 4.22. The molecule has 1 fully saturated rings. The molecule has 0 aliphatic carbocycles. The molecule has 1 aliphatic heterocycles. The van der Waals surface area contributed by atoms with Gasteiger partial charge in [-0.25, -0.2) is 4.98 Å². The minimum Gasteiger partial charge on any atom is -0.355 e. The van der Waals surface area contributed by atoms with Crippen molar-refractivity contribution < 1.29 is 0 Å². The molecule has 1 unspecified atom stereocenters. The van der Waals surface area contributed by atoms with Gasteiger partial charge in [-0.3, -0.25) is 0 Å². The maximum absolute atomic E-state index is 8.92. The minimum atomic E-state index is 0.487. The highest BCUT2D eigenvalue weighted by Crippen LogP contribution is 2.18. The van der Waals surface area contributed by atoms with E-state index < -0.39 is 0 Å². The summed E-state index contributed by atoms with van der Waals surface area (Å²) in [5.41, 5.74) is 1.58. The van der Waals surface area contributed by atoms with Crippen molar-refractivity contribution in [3.8, 4) is 6.07 Å². The van der Waals surface area contributed by atoms with Gasteiger partial charge in [0.05, 0.1) is 11.6 Å². The van der Waals surface area contributed by atoms with Crippen molar-refractivity contribution in [1.29, 1.82) is 5.26 Å². The van der Waals surface area contributed by atoms with Gasteiger partial charge in [-0.05, 0) is 32.0 Å². The molecule has 1 aromatic rings. The summed E-state index contributed by atoms with van der Waals surface area (Å²) in [7, 11) is 2.04. The van der Waals surface area contributed by atoms with E-state index in [0.29, 0.717) is 11.6 Å². The molecule has 0 spiro atoms. The van der Waals surface area contributed by atoms with E-state index in [1.807, 2.05) is 26.1 Å². The molecule has 84 valence electrons. The van der Waals surface area contributed by atoms with E-state index >= 15 is 0 Å². The average molecular weight is 216 g/mol. The van der Waals surface area contributed by atoms with Gasteiger partial charge < -0.3 is 10.2 Å². The fourth-order valence-corrected chi connectivity index (χ4v) is 2.05. The number of nitriles is 1. The Hall–Kier alpha value is -1.60. The summed E-state index contributed by atoms with van der Waals surface area (Å²) in [5, 5.41) is 12.3. The van der Waals surface area contributed by atoms with Crippen molar-refractivity contribution >= 4 is 5.82 Å². The van der Waals surface area contributed by atoms with Crippen molar-refractivity contribution in [2.45, 2.75) is 19.4 Å². The lowest BCUT2D eigenvalue weighted by Crippen LogP contribution is -2.34. The van der Waals surface area contributed by atoms with Crippen LogP contribution in [0.15, 0.2) is 12.1 Å². The van der Waals surface area contributed by atoms with Crippen LogP contribution in [0.5, 0.6) is 0 Å². The van der Waals surface area contributed by atoms with Gasteiger partial charge in [-0.2, -0.15) is 5.26 Å². The SMILES string of the molecule is Cc1cc(C#N)cc(N(C)C2CCNC2)n1. The monoisotopic (exact) mass is 216 g/mol. The van der Waals surface area contributed by atoms with Crippen molar-refractivity contribution in [2.75, 3.05) is 25.0 Å². The summed E-state index contributed by atoms with van der Waals surface area (Å²) in [6.07, 6.45) is 1.13. The first-order valence-corrected chi connectivity index (χ1v) is 5.53. The number of likely N-dealkylation sites (N-methyl/N-ethyl adjacent to an activating group) is 1. The Bertz CT molecular complexity index is 416. The van der Waals surface area contributed by atoms with E-state index in [-0.39, 0.29) is 0 Å². The van der Waals surface area contributed by atoms with Crippen molar-refractivity contribution in [2.24, 2.45) is 0 Å². The van der Waals surface area contributed by atoms with Gasteiger partial charge in [0.15, 0.2) is 0 Å². The van der Waals surface area contributed by atoms with Crippen LogP contribution in [0.3, 0.4) is 0 Å². The third kappa shape index (κ3) is 2.15. The fraction of sp³-hybridized carbons (Fsp3) is 0.500. The Kier molecular flexibility index (Phi) is 3.07. The second-order valence-electron chi connectivity index (χ2n) is 4.22. The van der Waals surface area contributed by atoms with E-state index in [1.54, 1.807) is 0 Å². The Morgan fingerprint density at radius 2 is 2.38 bits per heavy atom. The molecule has 4 heteroatoms. The Labute approximate surface area is 95.9 Å². The Morgan fingerprint density at radius 1 is 1.56 bits per heavy atom. The van der Waals surface area contributed by atoms with Gasteiger partial charge in [0.25, 0.3) is 0 Å². The minimum absolute atomic E-state index is 0.487. The van der Waals surface area contributed by atoms with E-state index in [9.17, 15) is 0 Å². The molecule has 1 aromatic heterocycles. The van der Waals surface area contributed by atoms with Crippen molar-refractivity contribution in [3.63, 3.8) is 0 Å². The molecule has 1 atom stereocenters. The molecule has 0 bridgehead atoms. The number of pyridine rings is 1. The van der Waals surface area contributed by atoms with E-state index in [0.717, 1.165) is 31.0 Å². The molecule has 2 rings (SSSR count). The van der Waals surface area contributed by atoms with Crippen LogP contribution in [0.25, 0.3) is 0 Å². The predicted molar refractivity (Wildman–Crippen MR) is 63.4 cm³/mol. The number of hydrogen-bond donors (Lipinski definition) is 1. The highest BCUT2D eigenvalue weighted by atomic mass is 15.2. The van der Waals surface area contributed by atoms with Crippen LogP contribution in [0, 0.1) is 18.3 Å². The molecule has 0 amide bonds. The lowest BCUT2D eigenvalue weighted by atomic mass is 10.2. The van der Waals surface area contributed by atoms with E-state index in [4.69, 9.17) is 5.26 Å². The number of nitrogens with zero attached hydrogens (tertiary/aromatic N) is 3. The molecule has 4 nitrogen and oxygen atoms in total. The number of aromatic nitrogens is 1. The molecular formula is C12H16N4. The zero-order valence-corrected chi connectivity index (χ0v) is 9.70. The third-order valence-corrected chi connectivity index (χ3v) is 3.01. The zero-order chi connectivity index (χ0) is 11.5. The van der Waals surface area contributed by atoms with E-state index in [1.165, 1.54) is 0 Å². The van der Waals surface area contributed by atoms with Crippen LogP contribution >= 0.6 is 0 Å². The maximum Gasteiger partial charge on any atom is 0.130 e. The summed E-state index contributed by atoms with van der Waals surface area (Å²) in [6, 6.07) is 6.32. The molecule has 2 heterocycles. The predicted octanol–water partition coefficient (Wildman–Crippen LogP) is 1.06. The first-order valence-electron chi connectivity index (χ1n) is 5.53. The highest BCUT2D eigenvalue weighted by molar-refractivity contribution is 5.47. The van der Waals surface area contributed by atoms with Crippen LogP contribution in [-0.4, -0.2) is 31.2 Å². The molecule has 0 saturated carbocycles. The summed E-state index contributed by atoms with van der Waals surface area (Å²) in [5.74, 6) is 0.894. The van der Waals surface area contributed by atoms with Gasteiger partial charge in [0.1, 0.15) is 5.82 Å². The van der Waals surface area contributed by atoms with Crippen LogP contribution in [0.2, 0.25) is 0 Å². The van der Waals surface area contributed by atoms with Crippen LogP contribution in [0.1, 0.15) is 17.7 Å². The second kappa shape index (κ2) is 4.50. The van der Waals surface area contributed by atoms with Gasteiger partial charge in [0, 0.05) is 25.3 Å². The standard InChI is InChI=1S/C12H16N4/c1-9-5-10(7-13)6-12(15-9)16(2)11-3-4-14-8-11/h5-6,11,14H,3-4,8H2,1-2H3. The maximum atomic E-state index is 8.92. The number of hydrogen-bond acceptors (Lipinski definition) is 4. The Morgan fingerprint density at radius 3 is 3.00 bits per heavy atom. The number of anilines is 1. The highest BCUT2D eigenvalue weighted by Gasteiger charge is 2.20. The van der Waals surface area contributed by atoms with Crippen LogP contribution in [0.4, 0.5) is 5.82 Å². The van der Waals surface area contributed by atoms with Gasteiger partial charge in [-0.1, -0.05) is 0 Å². The first kappa shape index (κ1) is 10.9. The molecule has 1 N–H and O–H groups in total. The normalized spacial score (nSPS) is 19.4. The van der Waals surface area contributed by atoms with Crippen molar-refractivity contribution in [3.05, 3.63) is 23.4 Å². The van der Waals surface area contributed by atoms with Crippen molar-refractivity contribution in [1.82, 2.24) is 10.3 Å².